The lowest BCUT2D eigenvalue weighted by atomic mass is 9.99. The molecule has 37 heavy (non-hydrogen) atoms. The fourth-order valence-electron chi connectivity index (χ4n) is 3.57. The third-order valence-corrected chi connectivity index (χ3v) is 7.00. The molecule has 0 amide bonds. The summed E-state index contributed by atoms with van der Waals surface area (Å²) in [5.74, 6) is -3.47. The predicted molar refractivity (Wildman–Crippen MR) is 130 cm³/mol. The summed E-state index contributed by atoms with van der Waals surface area (Å²) in [6, 6.07) is 5.51. The van der Waals surface area contributed by atoms with E-state index in [9.17, 15) is 24.1 Å². The first-order valence-electron chi connectivity index (χ1n) is 11.2. The molecule has 5 unspecified atom stereocenters. The third kappa shape index (κ3) is 7.50. The number of aromatic nitrogens is 2. The lowest BCUT2D eigenvalue weighted by molar-refractivity contribution is -0.182. The molecule has 0 saturated carbocycles. The standard InChI is InChI=1S/C22H28ClFN3O9P/c1-13(2)34-18(29)14(3)26-37(32,36-16-7-5-15(23)6-8-16)33-12-22(24)11-21(4,31)19(35-22)27-10-9-17(28)25-20(27)30/h5-10,13-14,19,31H,11-12H2,1-4H3,(H,26,32)(H,25,28,30). The zero-order chi connectivity index (χ0) is 27.6. The number of ether oxygens (including phenoxy) is 2. The Labute approximate surface area is 216 Å². The fourth-order valence-corrected chi connectivity index (χ4v) is 5.22. The van der Waals surface area contributed by atoms with Gasteiger partial charge in [-0.3, -0.25) is 23.7 Å². The number of esters is 1. The molecule has 1 aromatic heterocycles. The van der Waals surface area contributed by atoms with Crippen LogP contribution >= 0.6 is 19.3 Å². The quantitative estimate of drug-likeness (QED) is 0.290. The van der Waals surface area contributed by atoms with Crippen LogP contribution in [0.1, 0.15) is 40.3 Å². The number of hydrogen-bond acceptors (Lipinski definition) is 9. The molecule has 15 heteroatoms. The molecular weight excluding hydrogens is 536 g/mol. The highest BCUT2D eigenvalue weighted by atomic mass is 35.5. The Morgan fingerprint density at radius 1 is 1.32 bits per heavy atom. The van der Waals surface area contributed by atoms with Crippen molar-refractivity contribution in [1.82, 2.24) is 14.6 Å². The molecule has 1 saturated heterocycles. The van der Waals surface area contributed by atoms with Gasteiger partial charge in [0, 0.05) is 23.7 Å². The number of alkyl halides is 1. The van der Waals surface area contributed by atoms with Crippen molar-refractivity contribution >= 4 is 25.3 Å². The fraction of sp³-hybridized carbons (Fsp3) is 0.500. The van der Waals surface area contributed by atoms with Gasteiger partial charge in [-0.2, -0.15) is 5.09 Å². The molecule has 2 aromatic rings. The maximum Gasteiger partial charge on any atom is 0.459 e. The number of nitrogens with zero attached hydrogens (tertiary/aromatic N) is 1. The summed E-state index contributed by atoms with van der Waals surface area (Å²) < 4.78 is 51.3. The van der Waals surface area contributed by atoms with Crippen LogP contribution in [0.3, 0.4) is 0 Å². The number of rotatable bonds is 10. The molecule has 0 aliphatic carbocycles. The monoisotopic (exact) mass is 563 g/mol. The van der Waals surface area contributed by atoms with Crippen molar-refractivity contribution in [2.24, 2.45) is 0 Å². The summed E-state index contributed by atoms with van der Waals surface area (Å²) in [6.45, 7) is 4.81. The maximum absolute atomic E-state index is 15.7. The smallest absolute Gasteiger partial charge is 0.459 e. The lowest BCUT2D eigenvalue weighted by Gasteiger charge is -2.26. The summed E-state index contributed by atoms with van der Waals surface area (Å²) in [6.07, 6.45) is -1.65. The van der Waals surface area contributed by atoms with Crippen LogP contribution in [0.4, 0.5) is 4.39 Å². The molecule has 2 heterocycles. The molecular formula is C22H28ClFN3O9P. The molecule has 1 fully saturated rings. The minimum Gasteiger partial charge on any atom is -0.462 e. The minimum atomic E-state index is -4.47. The zero-order valence-corrected chi connectivity index (χ0v) is 22.1. The van der Waals surface area contributed by atoms with Gasteiger partial charge in [0.15, 0.2) is 6.23 Å². The topological polar surface area (TPSA) is 158 Å². The van der Waals surface area contributed by atoms with Crippen LogP contribution in [0.5, 0.6) is 5.75 Å². The normalized spacial score (nSPS) is 26.0. The van der Waals surface area contributed by atoms with Crippen molar-refractivity contribution < 1.29 is 37.4 Å². The number of halogens is 2. The van der Waals surface area contributed by atoms with Gasteiger partial charge >= 0.3 is 19.4 Å². The third-order valence-electron chi connectivity index (χ3n) is 5.13. The van der Waals surface area contributed by atoms with Gasteiger partial charge in [0.2, 0.25) is 5.85 Å². The highest BCUT2D eigenvalue weighted by molar-refractivity contribution is 7.52. The van der Waals surface area contributed by atoms with E-state index in [4.69, 9.17) is 30.1 Å². The van der Waals surface area contributed by atoms with Crippen molar-refractivity contribution in [3.63, 3.8) is 0 Å². The molecule has 0 spiro atoms. The number of aliphatic hydroxyl groups is 1. The van der Waals surface area contributed by atoms with Crippen LogP contribution in [0, 0.1) is 0 Å². The van der Waals surface area contributed by atoms with Crippen molar-refractivity contribution in [3.05, 3.63) is 62.4 Å². The van der Waals surface area contributed by atoms with Gasteiger partial charge in [-0.25, -0.2) is 13.8 Å². The van der Waals surface area contributed by atoms with Crippen LogP contribution in [-0.2, 0) is 23.4 Å². The Hall–Kier alpha value is -2.54. The molecule has 1 aliphatic rings. The first-order valence-corrected chi connectivity index (χ1v) is 13.1. The Morgan fingerprint density at radius 2 is 1.97 bits per heavy atom. The Bertz CT molecular complexity index is 1280. The van der Waals surface area contributed by atoms with Crippen LogP contribution < -0.4 is 20.9 Å². The maximum atomic E-state index is 15.7. The van der Waals surface area contributed by atoms with E-state index in [2.05, 4.69) is 5.09 Å². The van der Waals surface area contributed by atoms with E-state index >= 15 is 4.39 Å². The van der Waals surface area contributed by atoms with Crippen LogP contribution in [0.15, 0.2) is 46.1 Å². The summed E-state index contributed by atoms with van der Waals surface area (Å²) in [5, 5.41) is 13.5. The van der Waals surface area contributed by atoms with E-state index in [1.165, 1.54) is 38.1 Å². The predicted octanol–water partition coefficient (Wildman–Crippen LogP) is 2.66. The second kappa shape index (κ2) is 11.1. The molecule has 204 valence electrons. The molecule has 3 N–H and O–H groups in total. The number of hydrogen-bond donors (Lipinski definition) is 3. The molecule has 1 aliphatic heterocycles. The number of nitrogens with one attached hydrogen (secondary N) is 2. The largest absolute Gasteiger partial charge is 0.462 e. The van der Waals surface area contributed by atoms with E-state index in [0.29, 0.717) is 5.02 Å². The summed E-state index contributed by atoms with van der Waals surface area (Å²) >= 11 is 5.87. The summed E-state index contributed by atoms with van der Waals surface area (Å²) in [5.41, 5.74) is -3.55. The summed E-state index contributed by atoms with van der Waals surface area (Å²) in [4.78, 5) is 37.8. The Kier molecular flexibility index (Phi) is 8.68. The first kappa shape index (κ1) is 29.0. The molecule has 1 aromatic carbocycles. The zero-order valence-electron chi connectivity index (χ0n) is 20.5. The molecule has 3 rings (SSSR count). The van der Waals surface area contributed by atoms with E-state index in [1.807, 2.05) is 4.98 Å². The Balaban J connectivity index is 1.82. The van der Waals surface area contributed by atoms with Crippen molar-refractivity contribution in [2.75, 3.05) is 6.61 Å². The van der Waals surface area contributed by atoms with E-state index in [-0.39, 0.29) is 5.75 Å². The van der Waals surface area contributed by atoms with Gasteiger partial charge in [-0.05, 0) is 52.0 Å². The van der Waals surface area contributed by atoms with Gasteiger partial charge in [0.25, 0.3) is 5.56 Å². The van der Waals surface area contributed by atoms with Crippen molar-refractivity contribution in [2.45, 2.75) is 63.9 Å². The molecule has 12 nitrogen and oxygen atoms in total. The second-order valence-corrected chi connectivity index (χ2v) is 11.2. The van der Waals surface area contributed by atoms with Crippen molar-refractivity contribution in [3.8, 4) is 5.75 Å². The number of H-pyrrole nitrogens is 1. The minimum absolute atomic E-state index is 0.0366. The van der Waals surface area contributed by atoms with E-state index in [1.54, 1.807) is 13.8 Å². The molecule has 0 bridgehead atoms. The highest BCUT2D eigenvalue weighted by Crippen LogP contribution is 2.50. The van der Waals surface area contributed by atoms with Gasteiger partial charge in [-0.1, -0.05) is 11.6 Å². The van der Waals surface area contributed by atoms with Gasteiger partial charge in [0.05, 0.1) is 6.10 Å². The van der Waals surface area contributed by atoms with Crippen LogP contribution in [0.25, 0.3) is 0 Å². The van der Waals surface area contributed by atoms with Gasteiger partial charge < -0.3 is 19.1 Å². The van der Waals surface area contributed by atoms with Crippen LogP contribution in [-0.4, -0.2) is 50.8 Å². The van der Waals surface area contributed by atoms with Gasteiger partial charge in [-0.15, -0.1) is 0 Å². The first-order chi connectivity index (χ1) is 17.1. The molecule has 5 atom stereocenters. The Morgan fingerprint density at radius 3 is 2.57 bits per heavy atom. The number of benzene rings is 1. The van der Waals surface area contributed by atoms with Gasteiger partial charge in [0.1, 0.15) is 24.0 Å². The lowest BCUT2D eigenvalue weighted by Crippen LogP contribution is -2.40. The van der Waals surface area contributed by atoms with E-state index < -0.39 is 67.8 Å². The van der Waals surface area contributed by atoms with E-state index in [0.717, 1.165) is 16.8 Å². The average Bonchev–Trinajstić information content (AvgIpc) is 3.02. The number of carbonyl (C=O) groups is 1. The molecule has 0 radical (unpaired) electrons. The van der Waals surface area contributed by atoms with Crippen molar-refractivity contribution in [1.29, 1.82) is 0 Å². The number of carbonyl (C=O) groups excluding carboxylic acids is 1. The van der Waals surface area contributed by atoms with Crippen LogP contribution in [0.2, 0.25) is 5.02 Å². The SMILES string of the molecule is CC(C)OC(=O)C(C)NP(=O)(OCC1(F)CC(C)(O)C(n2ccc(=O)[nH]c2=O)O1)Oc1ccc(Cl)cc1. The average molecular weight is 564 g/mol. The second-order valence-electron chi connectivity index (χ2n) is 9.06. The highest BCUT2D eigenvalue weighted by Gasteiger charge is 2.56. The summed E-state index contributed by atoms with van der Waals surface area (Å²) in [7, 11) is -4.47. The number of aromatic amines is 1.